The van der Waals surface area contributed by atoms with Crippen molar-refractivity contribution in [3.8, 4) is 0 Å². The standard InChI is InChI=1S/C7H13FO2/c1-3-5-6(8)7(9)4(2)10-5/h4-7,9H,3H2,1-2H3/t4-,5+,6-,7?/m0/s1. The normalized spacial score (nSPS) is 48.0. The third-order valence-corrected chi connectivity index (χ3v) is 1.95. The third kappa shape index (κ3) is 1.16. The van der Waals surface area contributed by atoms with Crippen LogP contribution in [0.2, 0.25) is 0 Å². The van der Waals surface area contributed by atoms with Gasteiger partial charge in [-0.25, -0.2) is 4.39 Å². The fourth-order valence-corrected chi connectivity index (χ4v) is 1.23. The Morgan fingerprint density at radius 1 is 1.60 bits per heavy atom. The van der Waals surface area contributed by atoms with Gasteiger partial charge in [0.2, 0.25) is 0 Å². The third-order valence-electron chi connectivity index (χ3n) is 1.95. The number of alkyl halides is 1. The van der Waals surface area contributed by atoms with Crippen molar-refractivity contribution in [1.29, 1.82) is 0 Å². The number of rotatable bonds is 1. The van der Waals surface area contributed by atoms with E-state index < -0.39 is 18.4 Å². The van der Waals surface area contributed by atoms with Gasteiger partial charge in [0.05, 0.1) is 12.2 Å². The van der Waals surface area contributed by atoms with Crippen LogP contribution in [0.1, 0.15) is 20.3 Å². The lowest BCUT2D eigenvalue weighted by Gasteiger charge is -2.08. The van der Waals surface area contributed by atoms with Gasteiger partial charge in [0, 0.05) is 0 Å². The Bertz CT molecular complexity index is 118. The first-order chi connectivity index (χ1) is 4.66. The Labute approximate surface area is 60.0 Å². The van der Waals surface area contributed by atoms with Gasteiger partial charge in [-0.3, -0.25) is 0 Å². The van der Waals surface area contributed by atoms with Crippen molar-refractivity contribution < 1.29 is 14.2 Å². The van der Waals surface area contributed by atoms with Gasteiger partial charge in [-0.2, -0.15) is 0 Å². The van der Waals surface area contributed by atoms with Crippen LogP contribution >= 0.6 is 0 Å². The van der Waals surface area contributed by atoms with Gasteiger partial charge in [-0.15, -0.1) is 0 Å². The van der Waals surface area contributed by atoms with Gasteiger partial charge in [-0.1, -0.05) is 6.92 Å². The molecular formula is C7H13FO2. The predicted molar refractivity (Wildman–Crippen MR) is 35.5 cm³/mol. The van der Waals surface area contributed by atoms with Crippen molar-refractivity contribution in [1.82, 2.24) is 0 Å². The van der Waals surface area contributed by atoms with E-state index in [1.807, 2.05) is 6.92 Å². The molecule has 0 aromatic carbocycles. The SMILES string of the molecule is CC[C@H]1O[C@@H](C)C(O)[C@H]1F. The lowest BCUT2D eigenvalue weighted by molar-refractivity contribution is 0.0205. The monoisotopic (exact) mass is 148 g/mol. The van der Waals surface area contributed by atoms with Gasteiger partial charge in [0.25, 0.3) is 0 Å². The summed E-state index contributed by atoms with van der Waals surface area (Å²) < 4.78 is 18.0. The first-order valence-electron chi connectivity index (χ1n) is 3.64. The molecule has 0 bridgehead atoms. The molecule has 0 saturated carbocycles. The molecule has 1 saturated heterocycles. The fraction of sp³-hybridized carbons (Fsp3) is 1.00. The van der Waals surface area contributed by atoms with Crippen LogP contribution in [0.5, 0.6) is 0 Å². The molecular weight excluding hydrogens is 135 g/mol. The number of ether oxygens (including phenoxy) is 1. The minimum absolute atomic E-state index is 0.347. The predicted octanol–water partition coefficient (Wildman–Crippen LogP) is 0.883. The number of hydrogen-bond donors (Lipinski definition) is 1. The highest BCUT2D eigenvalue weighted by Gasteiger charge is 2.40. The summed E-state index contributed by atoms with van der Waals surface area (Å²) in [5, 5.41) is 9.07. The zero-order valence-electron chi connectivity index (χ0n) is 6.25. The molecule has 60 valence electrons. The second-order valence-corrected chi connectivity index (χ2v) is 2.72. The van der Waals surface area contributed by atoms with E-state index in [2.05, 4.69) is 0 Å². The van der Waals surface area contributed by atoms with Crippen LogP contribution in [-0.4, -0.2) is 29.6 Å². The van der Waals surface area contributed by atoms with Gasteiger partial charge < -0.3 is 9.84 Å². The Morgan fingerprint density at radius 3 is 2.40 bits per heavy atom. The average molecular weight is 148 g/mol. The number of aliphatic hydroxyl groups excluding tert-OH is 1. The Balaban J connectivity index is 2.53. The summed E-state index contributed by atoms with van der Waals surface area (Å²) in [6, 6.07) is 0. The minimum Gasteiger partial charge on any atom is -0.387 e. The van der Waals surface area contributed by atoms with Crippen LogP contribution in [0.3, 0.4) is 0 Å². The average Bonchev–Trinajstić information content (AvgIpc) is 2.17. The van der Waals surface area contributed by atoms with Crippen LogP contribution in [0, 0.1) is 0 Å². The Kier molecular flexibility index (Phi) is 2.26. The smallest absolute Gasteiger partial charge is 0.154 e. The largest absolute Gasteiger partial charge is 0.387 e. The summed E-state index contributed by atoms with van der Waals surface area (Å²) >= 11 is 0. The van der Waals surface area contributed by atoms with Gasteiger partial charge >= 0.3 is 0 Å². The second kappa shape index (κ2) is 2.84. The van der Waals surface area contributed by atoms with E-state index in [-0.39, 0.29) is 6.10 Å². The summed E-state index contributed by atoms with van der Waals surface area (Å²) in [7, 11) is 0. The molecule has 0 aliphatic carbocycles. The summed E-state index contributed by atoms with van der Waals surface area (Å²) in [5.74, 6) is 0. The topological polar surface area (TPSA) is 29.5 Å². The highest BCUT2D eigenvalue weighted by atomic mass is 19.1. The summed E-state index contributed by atoms with van der Waals surface area (Å²) in [5.41, 5.74) is 0. The lowest BCUT2D eigenvalue weighted by atomic mass is 10.1. The maximum atomic E-state index is 12.9. The molecule has 1 fully saturated rings. The molecule has 1 heterocycles. The van der Waals surface area contributed by atoms with Gasteiger partial charge in [0.1, 0.15) is 6.10 Å². The van der Waals surface area contributed by atoms with E-state index in [0.29, 0.717) is 6.42 Å². The highest BCUT2D eigenvalue weighted by molar-refractivity contribution is 4.87. The molecule has 1 aliphatic rings. The van der Waals surface area contributed by atoms with E-state index in [1.54, 1.807) is 6.92 Å². The van der Waals surface area contributed by atoms with Crippen molar-refractivity contribution in [2.45, 2.75) is 44.8 Å². The Morgan fingerprint density at radius 2 is 2.20 bits per heavy atom. The summed E-state index contributed by atoms with van der Waals surface area (Å²) in [4.78, 5) is 0. The van der Waals surface area contributed by atoms with E-state index in [4.69, 9.17) is 9.84 Å². The highest BCUT2D eigenvalue weighted by Crippen LogP contribution is 2.25. The number of halogens is 1. The van der Waals surface area contributed by atoms with Crippen LogP contribution in [0.15, 0.2) is 0 Å². The van der Waals surface area contributed by atoms with E-state index in [0.717, 1.165) is 0 Å². The maximum Gasteiger partial charge on any atom is 0.154 e. The molecule has 1 N–H and O–H groups in total. The van der Waals surface area contributed by atoms with Crippen LogP contribution in [0.25, 0.3) is 0 Å². The second-order valence-electron chi connectivity index (χ2n) is 2.72. The molecule has 2 nitrogen and oxygen atoms in total. The van der Waals surface area contributed by atoms with E-state index in [9.17, 15) is 4.39 Å². The summed E-state index contributed by atoms with van der Waals surface area (Å²) in [6.45, 7) is 3.54. The van der Waals surface area contributed by atoms with E-state index >= 15 is 0 Å². The maximum absolute atomic E-state index is 12.9. The lowest BCUT2D eigenvalue weighted by Crippen LogP contribution is -2.27. The molecule has 0 aromatic heterocycles. The molecule has 3 heteroatoms. The molecule has 1 rings (SSSR count). The summed E-state index contributed by atoms with van der Waals surface area (Å²) in [6.07, 6.45) is -2.24. The van der Waals surface area contributed by atoms with Gasteiger partial charge in [0.15, 0.2) is 6.17 Å². The zero-order chi connectivity index (χ0) is 7.72. The van der Waals surface area contributed by atoms with Crippen LogP contribution < -0.4 is 0 Å². The molecule has 0 spiro atoms. The number of hydrogen-bond acceptors (Lipinski definition) is 2. The zero-order valence-corrected chi connectivity index (χ0v) is 6.25. The van der Waals surface area contributed by atoms with Crippen molar-refractivity contribution in [2.75, 3.05) is 0 Å². The molecule has 0 radical (unpaired) electrons. The quantitative estimate of drug-likeness (QED) is 0.598. The molecule has 0 aromatic rings. The molecule has 1 aliphatic heterocycles. The van der Waals surface area contributed by atoms with Crippen LogP contribution in [-0.2, 0) is 4.74 Å². The van der Waals surface area contributed by atoms with Gasteiger partial charge in [-0.05, 0) is 13.3 Å². The van der Waals surface area contributed by atoms with Crippen LogP contribution in [0.4, 0.5) is 4.39 Å². The minimum atomic E-state index is -1.19. The molecule has 4 atom stereocenters. The first-order valence-corrected chi connectivity index (χ1v) is 3.64. The Hall–Kier alpha value is -0.150. The van der Waals surface area contributed by atoms with E-state index in [1.165, 1.54) is 0 Å². The molecule has 0 amide bonds. The van der Waals surface area contributed by atoms with Crippen molar-refractivity contribution in [2.24, 2.45) is 0 Å². The molecule has 10 heavy (non-hydrogen) atoms. The molecule has 1 unspecified atom stereocenters. The van der Waals surface area contributed by atoms with Crippen molar-refractivity contribution in [3.63, 3.8) is 0 Å². The van der Waals surface area contributed by atoms with Crippen molar-refractivity contribution >= 4 is 0 Å². The number of aliphatic hydroxyl groups is 1. The van der Waals surface area contributed by atoms with Crippen molar-refractivity contribution in [3.05, 3.63) is 0 Å². The first kappa shape index (κ1) is 7.95. The fourth-order valence-electron chi connectivity index (χ4n) is 1.23.